The summed E-state index contributed by atoms with van der Waals surface area (Å²) >= 11 is 0. The van der Waals surface area contributed by atoms with E-state index in [9.17, 15) is 15.3 Å². The van der Waals surface area contributed by atoms with Crippen LogP contribution in [0.25, 0.3) is 0 Å². The van der Waals surface area contributed by atoms with Crippen molar-refractivity contribution in [3.63, 3.8) is 0 Å². The van der Waals surface area contributed by atoms with Crippen molar-refractivity contribution in [3.8, 4) is 0 Å². The van der Waals surface area contributed by atoms with Gasteiger partial charge in [-0.15, -0.1) is 0 Å². The molecule has 0 amide bonds. The zero-order valence-electron chi connectivity index (χ0n) is 14.0. The van der Waals surface area contributed by atoms with E-state index in [1.165, 1.54) is 6.21 Å². The summed E-state index contributed by atoms with van der Waals surface area (Å²) < 4.78 is 0. The molecule has 26 heavy (non-hydrogen) atoms. The maximum atomic E-state index is 10.2. The number of rotatable bonds is 9. The van der Waals surface area contributed by atoms with Gasteiger partial charge < -0.3 is 20.4 Å². The largest absolute Gasteiger partial charge is 0.394 e. The normalized spacial score (nSPS) is 15.5. The minimum absolute atomic E-state index is 0.0303. The molecule has 8 heteroatoms. The molecular weight excluding hydrogens is 336 g/mol. The lowest BCUT2D eigenvalue weighted by molar-refractivity contribution is -0.0548. The highest BCUT2D eigenvalue weighted by molar-refractivity contribution is 6.33. The number of hydrazone groups is 2. The van der Waals surface area contributed by atoms with Gasteiger partial charge in [0.25, 0.3) is 0 Å². The van der Waals surface area contributed by atoms with Crippen molar-refractivity contribution in [1.29, 1.82) is 0 Å². The third kappa shape index (κ3) is 5.94. The van der Waals surface area contributed by atoms with E-state index in [2.05, 4.69) is 21.1 Å². The van der Waals surface area contributed by atoms with E-state index < -0.39 is 24.9 Å². The van der Waals surface area contributed by atoms with Crippen LogP contribution in [0, 0.1) is 0 Å². The van der Waals surface area contributed by atoms with Crippen LogP contribution in [0.1, 0.15) is 0 Å². The zero-order valence-corrected chi connectivity index (χ0v) is 14.0. The average Bonchev–Trinajstić information content (AvgIpc) is 2.70. The van der Waals surface area contributed by atoms with Gasteiger partial charge in [-0.2, -0.15) is 10.2 Å². The summed E-state index contributed by atoms with van der Waals surface area (Å²) in [7, 11) is 0. The van der Waals surface area contributed by atoms with Crippen LogP contribution in [-0.2, 0) is 0 Å². The van der Waals surface area contributed by atoms with E-state index in [1.54, 1.807) is 24.3 Å². The molecule has 138 valence electrons. The highest BCUT2D eigenvalue weighted by Gasteiger charge is 2.27. The fourth-order valence-corrected chi connectivity index (χ4v) is 1.99. The average molecular weight is 358 g/mol. The third-order valence-corrected chi connectivity index (χ3v) is 3.46. The van der Waals surface area contributed by atoms with Gasteiger partial charge in [0.05, 0.1) is 24.2 Å². The fourth-order valence-electron chi connectivity index (χ4n) is 1.99. The summed E-state index contributed by atoms with van der Waals surface area (Å²) in [6.07, 6.45) is -3.47. The van der Waals surface area contributed by atoms with E-state index in [0.717, 1.165) is 5.69 Å². The molecule has 0 fully saturated rings. The minimum Gasteiger partial charge on any atom is -0.394 e. The summed E-state index contributed by atoms with van der Waals surface area (Å²) in [5.41, 5.74) is 6.87. The Morgan fingerprint density at radius 3 is 1.96 bits per heavy atom. The highest BCUT2D eigenvalue weighted by Crippen LogP contribution is 2.08. The maximum Gasteiger partial charge on any atom is 0.128 e. The quantitative estimate of drug-likeness (QED) is 0.288. The molecule has 3 atom stereocenters. The van der Waals surface area contributed by atoms with Crippen LogP contribution in [0.3, 0.4) is 0 Å². The van der Waals surface area contributed by atoms with E-state index in [-0.39, 0.29) is 5.71 Å². The molecule has 0 radical (unpaired) electrons. The summed E-state index contributed by atoms with van der Waals surface area (Å²) in [6, 6.07) is 18.1. The monoisotopic (exact) mass is 358 g/mol. The Labute approximate surface area is 151 Å². The first-order chi connectivity index (χ1) is 12.6. The first kappa shape index (κ1) is 19.5. The maximum absolute atomic E-state index is 10.2. The Bertz CT molecular complexity index is 710. The van der Waals surface area contributed by atoms with Crippen molar-refractivity contribution in [3.05, 3.63) is 60.7 Å². The molecule has 0 heterocycles. The predicted octanol–water partition coefficient (Wildman–Crippen LogP) is 0.627. The molecular formula is C18H22N4O4. The minimum atomic E-state index is -1.63. The first-order valence-corrected chi connectivity index (χ1v) is 7.99. The second-order valence-electron chi connectivity index (χ2n) is 5.44. The van der Waals surface area contributed by atoms with Gasteiger partial charge in [0.15, 0.2) is 0 Å². The van der Waals surface area contributed by atoms with Gasteiger partial charge in [-0.25, -0.2) is 0 Å². The molecule has 2 rings (SSSR count). The Morgan fingerprint density at radius 2 is 1.42 bits per heavy atom. The van der Waals surface area contributed by atoms with Crippen molar-refractivity contribution < 1.29 is 20.4 Å². The molecule has 0 bridgehead atoms. The van der Waals surface area contributed by atoms with Gasteiger partial charge in [-0.1, -0.05) is 36.4 Å². The lowest BCUT2D eigenvalue weighted by Gasteiger charge is -2.21. The molecule has 0 saturated carbocycles. The summed E-state index contributed by atoms with van der Waals surface area (Å²) in [5, 5.41) is 46.7. The Kier molecular flexibility index (Phi) is 7.72. The standard InChI is InChI=1S/C18H22N4O4/c23-12-16(24)18(26)17(25)15(22-21-14-9-5-2-6-10-14)11-19-20-13-7-3-1-4-8-13/h1-11,16-18,20-21,23-26H,12H2/b19-11-,22-15+/t16-,17-,18-/m0/s1. The zero-order chi connectivity index (χ0) is 18.8. The smallest absolute Gasteiger partial charge is 0.128 e. The number of benzene rings is 2. The predicted molar refractivity (Wildman–Crippen MR) is 101 cm³/mol. The molecule has 0 spiro atoms. The Balaban J connectivity index is 2.14. The van der Waals surface area contributed by atoms with Crippen LogP contribution in [0.2, 0.25) is 0 Å². The fraction of sp³-hybridized carbons (Fsp3) is 0.222. The van der Waals surface area contributed by atoms with E-state index in [1.807, 2.05) is 36.4 Å². The molecule has 8 nitrogen and oxygen atoms in total. The number of para-hydroxylation sites is 2. The SMILES string of the molecule is OC[C@H](O)[C@H](O)[C@@H](O)C(/C=N\Nc1ccccc1)=N/Nc1ccccc1. The van der Waals surface area contributed by atoms with Crippen molar-refractivity contribution >= 4 is 23.3 Å². The third-order valence-electron chi connectivity index (χ3n) is 3.46. The second-order valence-corrected chi connectivity index (χ2v) is 5.44. The molecule has 2 aromatic carbocycles. The number of aliphatic hydroxyl groups is 4. The van der Waals surface area contributed by atoms with Crippen LogP contribution in [0.5, 0.6) is 0 Å². The van der Waals surface area contributed by atoms with Crippen LogP contribution < -0.4 is 10.9 Å². The van der Waals surface area contributed by atoms with Crippen LogP contribution in [0.4, 0.5) is 11.4 Å². The molecule has 2 aromatic rings. The van der Waals surface area contributed by atoms with E-state index in [4.69, 9.17) is 5.11 Å². The second kappa shape index (κ2) is 10.3. The van der Waals surface area contributed by atoms with Crippen molar-refractivity contribution in [1.82, 2.24) is 0 Å². The highest BCUT2D eigenvalue weighted by atomic mass is 16.4. The Morgan fingerprint density at radius 1 is 0.885 bits per heavy atom. The van der Waals surface area contributed by atoms with Gasteiger partial charge in [0.1, 0.15) is 24.0 Å². The van der Waals surface area contributed by atoms with Gasteiger partial charge in [0, 0.05) is 0 Å². The summed E-state index contributed by atoms with van der Waals surface area (Å²) in [4.78, 5) is 0. The summed E-state index contributed by atoms with van der Waals surface area (Å²) in [6.45, 7) is -0.697. The molecule has 0 aromatic heterocycles. The van der Waals surface area contributed by atoms with Crippen molar-refractivity contribution in [2.75, 3.05) is 17.5 Å². The lowest BCUT2D eigenvalue weighted by atomic mass is 10.0. The topological polar surface area (TPSA) is 130 Å². The molecule has 0 aliphatic heterocycles. The lowest BCUT2D eigenvalue weighted by Crippen LogP contribution is -2.44. The number of nitrogens with zero attached hydrogens (tertiary/aromatic N) is 2. The van der Waals surface area contributed by atoms with Gasteiger partial charge in [0.2, 0.25) is 0 Å². The number of hydrogen-bond donors (Lipinski definition) is 6. The number of aliphatic hydroxyl groups excluding tert-OH is 4. The van der Waals surface area contributed by atoms with Gasteiger partial charge in [-0.05, 0) is 24.3 Å². The Hall–Kier alpha value is -2.78. The van der Waals surface area contributed by atoms with Crippen molar-refractivity contribution in [2.24, 2.45) is 10.2 Å². The van der Waals surface area contributed by atoms with Crippen LogP contribution >= 0.6 is 0 Å². The molecule has 0 unspecified atom stereocenters. The molecule has 0 aliphatic carbocycles. The summed E-state index contributed by atoms with van der Waals surface area (Å²) in [5.74, 6) is 0. The van der Waals surface area contributed by atoms with Crippen LogP contribution in [-0.4, -0.2) is 57.3 Å². The van der Waals surface area contributed by atoms with Gasteiger partial charge >= 0.3 is 0 Å². The molecule has 0 aliphatic rings. The molecule has 0 saturated heterocycles. The number of nitrogens with one attached hydrogen (secondary N) is 2. The van der Waals surface area contributed by atoms with E-state index in [0.29, 0.717) is 5.69 Å². The number of hydrogen-bond acceptors (Lipinski definition) is 8. The van der Waals surface area contributed by atoms with Crippen molar-refractivity contribution in [2.45, 2.75) is 18.3 Å². The van der Waals surface area contributed by atoms with Crippen LogP contribution in [0.15, 0.2) is 70.9 Å². The first-order valence-electron chi connectivity index (χ1n) is 7.99. The molecule has 6 N–H and O–H groups in total. The number of anilines is 2. The van der Waals surface area contributed by atoms with Gasteiger partial charge in [-0.3, -0.25) is 10.9 Å². The van der Waals surface area contributed by atoms with E-state index >= 15 is 0 Å².